The van der Waals surface area contributed by atoms with Crippen molar-refractivity contribution in [2.24, 2.45) is 4.99 Å². The van der Waals surface area contributed by atoms with Crippen LogP contribution in [0.2, 0.25) is 0 Å². The highest BCUT2D eigenvalue weighted by Gasteiger charge is 2.33. The van der Waals surface area contributed by atoms with Crippen LogP contribution in [0, 0.1) is 0 Å². The van der Waals surface area contributed by atoms with E-state index < -0.39 is 18.0 Å². The molecule has 1 aliphatic rings. The third-order valence-corrected chi connectivity index (χ3v) is 7.41. The molecule has 1 aromatic heterocycles. The summed E-state index contributed by atoms with van der Waals surface area (Å²) in [6.45, 7) is 6.99. The number of carboxylic acid groups (broad SMARTS) is 1. The predicted molar refractivity (Wildman–Crippen MR) is 168 cm³/mol. The molecular formula is C34H32N2O7S. The Morgan fingerprint density at radius 3 is 2.27 bits per heavy atom. The Hall–Kier alpha value is -5.22. The average Bonchev–Trinajstić information content (AvgIpc) is 3.32. The van der Waals surface area contributed by atoms with Crippen LogP contribution in [0.15, 0.2) is 113 Å². The quantitative estimate of drug-likeness (QED) is 0.216. The minimum absolute atomic E-state index is 0.0560. The lowest BCUT2D eigenvalue weighted by molar-refractivity contribution is -0.138. The smallest absolute Gasteiger partial charge is 0.338 e. The van der Waals surface area contributed by atoms with Gasteiger partial charge in [-0.15, -0.1) is 0 Å². The van der Waals surface area contributed by atoms with Crippen molar-refractivity contribution < 1.29 is 28.9 Å². The number of carbonyl (C=O) groups is 2. The van der Waals surface area contributed by atoms with Gasteiger partial charge in [0.2, 0.25) is 0 Å². The maximum atomic E-state index is 13.8. The molecule has 0 amide bonds. The number of fused-ring (bicyclic) bond motifs is 1. The second-order valence-corrected chi connectivity index (χ2v) is 10.6. The molecule has 1 N–H and O–H groups in total. The summed E-state index contributed by atoms with van der Waals surface area (Å²) < 4.78 is 18.6. The van der Waals surface area contributed by atoms with E-state index in [-0.39, 0.29) is 12.2 Å². The number of aliphatic carboxylic acids is 1. The molecule has 9 nitrogen and oxygen atoms in total. The van der Waals surface area contributed by atoms with Crippen LogP contribution >= 0.6 is 11.3 Å². The molecule has 10 heteroatoms. The molecule has 4 aromatic rings. The van der Waals surface area contributed by atoms with E-state index in [4.69, 9.17) is 24.1 Å². The summed E-state index contributed by atoms with van der Waals surface area (Å²) >= 11 is 1.28. The zero-order valence-corrected chi connectivity index (χ0v) is 25.4. The van der Waals surface area contributed by atoms with Gasteiger partial charge in [0.25, 0.3) is 11.5 Å². The first-order chi connectivity index (χ1) is 21.2. The SMILES string of the molecule is C=CCOC(=O)C1=C(C)N=c2s/c(=C/c3ccc(OCc4ccccc4)cc3)c(=O)n2C1c1ccc(OC)cc1.CC(=O)O. The summed E-state index contributed by atoms with van der Waals surface area (Å²) in [6, 6.07) is 24.1. The third-order valence-electron chi connectivity index (χ3n) is 6.43. The van der Waals surface area contributed by atoms with Gasteiger partial charge in [-0.2, -0.15) is 0 Å². The number of nitrogens with zero attached hydrogens (tertiary/aromatic N) is 2. The maximum Gasteiger partial charge on any atom is 0.338 e. The molecule has 0 spiro atoms. The van der Waals surface area contributed by atoms with Crippen molar-refractivity contribution in [1.29, 1.82) is 0 Å². The van der Waals surface area contributed by atoms with Crippen LogP contribution < -0.4 is 24.4 Å². The van der Waals surface area contributed by atoms with E-state index in [1.807, 2.05) is 72.8 Å². The minimum Gasteiger partial charge on any atom is -0.497 e. The Bertz CT molecular complexity index is 1830. The molecule has 3 aromatic carbocycles. The van der Waals surface area contributed by atoms with E-state index in [1.165, 1.54) is 17.4 Å². The van der Waals surface area contributed by atoms with Crippen molar-refractivity contribution >= 4 is 29.4 Å². The number of methoxy groups -OCH3 is 1. The van der Waals surface area contributed by atoms with Crippen molar-refractivity contribution in [1.82, 2.24) is 4.57 Å². The Morgan fingerprint density at radius 2 is 1.66 bits per heavy atom. The van der Waals surface area contributed by atoms with E-state index in [1.54, 1.807) is 30.7 Å². The number of aromatic nitrogens is 1. The second kappa shape index (κ2) is 14.8. The first-order valence-corrected chi connectivity index (χ1v) is 14.4. The molecule has 226 valence electrons. The van der Waals surface area contributed by atoms with Gasteiger partial charge in [0.05, 0.1) is 29.0 Å². The molecule has 2 heterocycles. The van der Waals surface area contributed by atoms with Crippen LogP contribution in [-0.2, 0) is 20.9 Å². The first kappa shape index (κ1) is 31.7. The van der Waals surface area contributed by atoms with Crippen LogP contribution in [0.4, 0.5) is 0 Å². The van der Waals surface area contributed by atoms with Crippen molar-refractivity contribution in [3.05, 3.63) is 139 Å². The number of esters is 1. The number of rotatable bonds is 9. The fourth-order valence-corrected chi connectivity index (χ4v) is 5.50. The van der Waals surface area contributed by atoms with Crippen LogP contribution in [0.25, 0.3) is 6.08 Å². The minimum atomic E-state index is -0.833. The van der Waals surface area contributed by atoms with Gasteiger partial charge in [0.1, 0.15) is 24.7 Å². The molecule has 0 aliphatic carbocycles. The van der Waals surface area contributed by atoms with Crippen molar-refractivity contribution in [2.75, 3.05) is 13.7 Å². The normalized spacial score (nSPS) is 14.0. The van der Waals surface area contributed by atoms with Gasteiger partial charge in [-0.1, -0.05) is 78.6 Å². The van der Waals surface area contributed by atoms with Crippen molar-refractivity contribution in [3.8, 4) is 11.5 Å². The number of thiazole rings is 1. The van der Waals surface area contributed by atoms with E-state index >= 15 is 0 Å². The third kappa shape index (κ3) is 7.78. The molecule has 1 atom stereocenters. The monoisotopic (exact) mass is 612 g/mol. The number of allylic oxidation sites excluding steroid dienone is 1. The number of hydrogen-bond acceptors (Lipinski definition) is 8. The molecule has 0 fully saturated rings. The largest absolute Gasteiger partial charge is 0.497 e. The van der Waals surface area contributed by atoms with Gasteiger partial charge in [0, 0.05) is 6.92 Å². The topological polar surface area (TPSA) is 116 Å². The summed E-state index contributed by atoms with van der Waals surface area (Å²) in [7, 11) is 1.59. The summed E-state index contributed by atoms with van der Waals surface area (Å²) in [5, 5.41) is 7.42. The molecule has 1 unspecified atom stereocenters. The first-order valence-electron chi connectivity index (χ1n) is 13.6. The van der Waals surface area contributed by atoms with Gasteiger partial charge in [0.15, 0.2) is 4.80 Å². The van der Waals surface area contributed by atoms with Crippen LogP contribution in [-0.4, -0.2) is 35.3 Å². The Labute approximate surface area is 258 Å². The van der Waals surface area contributed by atoms with Crippen LogP contribution in [0.3, 0.4) is 0 Å². The molecule has 1 aliphatic heterocycles. The number of benzene rings is 3. The highest BCUT2D eigenvalue weighted by Crippen LogP contribution is 2.31. The van der Waals surface area contributed by atoms with Gasteiger partial charge in [-0.3, -0.25) is 14.2 Å². The second-order valence-electron chi connectivity index (χ2n) is 9.60. The van der Waals surface area contributed by atoms with Gasteiger partial charge >= 0.3 is 5.97 Å². The number of hydrogen-bond donors (Lipinski definition) is 1. The number of carboxylic acids is 1. The Balaban J connectivity index is 0.00000104. The van der Waals surface area contributed by atoms with Crippen LogP contribution in [0.5, 0.6) is 11.5 Å². The van der Waals surface area contributed by atoms with E-state index in [9.17, 15) is 9.59 Å². The van der Waals surface area contributed by atoms with Crippen molar-refractivity contribution in [2.45, 2.75) is 26.5 Å². The molecule has 0 saturated carbocycles. The zero-order valence-electron chi connectivity index (χ0n) is 24.6. The fraction of sp³-hybridized carbons (Fsp3) is 0.176. The summed E-state index contributed by atoms with van der Waals surface area (Å²) in [6.07, 6.45) is 3.33. The summed E-state index contributed by atoms with van der Waals surface area (Å²) in [5.74, 6) is 0.0337. The molecule has 5 rings (SSSR count). The Morgan fingerprint density at radius 1 is 1.02 bits per heavy atom. The lowest BCUT2D eigenvalue weighted by Gasteiger charge is -2.24. The van der Waals surface area contributed by atoms with E-state index in [0.29, 0.717) is 33.0 Å². The van der Waals surface area contributed by atoms with Gasteiger partial charge in [-0.05, 0) is 54.0 Å². The number of carbonyl (C=O) groups excluding carboxylic acids is 1. The van der Waals surface area contributed by atoms with Crippen molar-refractivity contribution in [3.63, 3.8) is 0 Å². The molecule has 0 bridgehead atoms. The lowest BCUT2D eigenvalue weighted by atomic mass is 9.96. The van der Waals surface area contributed by atoms with Gasteiger partial charge in [-0.25, -0.2) is 9.79 Å². The highest BCUT2D eigenvalue weighted by molar-refractivity contribution is 7.07. The Kier molecular flexibility index (Phi) is 10.7. The summed E-state index contributed by atoms with van der Waals surface area (Å²) in [4.78, 5) is 41.0. The van der Waals surface area contributed by atoms with E-state index in [0.717, 1.165) is 29.4 Å². The molecular weight excluding hydrogens is 580 g/mol. The zero-order chi connectivity index (χ0) is 31.6. The van der Waals surface area contributed by atoms with E-state index in [2.05, 4.69) is 11.6 Å². The maximum absolute atomic E-state index is 13.8. The average molecular weight is 613 g/mol. The molecule has 44 heavy (non-hydrogen) atoms. The standard InChI is InChI=1S/C32H28N2O5S.C2H4O2/c1-4-18-38-31(36)28-21(2)33-32-34(29(28)24-12-16-25(37-3)17-13-24)30(35)27(40-32)19-22-10-14-26(15-11-22)39-20-23-8-6-5-7-9-23;1-2(3)4/h4-17,19,29H,1,18,20H2,2-3H3;1H3,(H,3,4)/b27-19+;. The van der Waals surface area contributed by atoms with Gasteiger partial charge < -0.3 is 19.3 Å². The van der Waals surface area contributed by atoms with Crippen LogP contribution in [0.1, 0.15) is 36.6 Å². The highest BCUT2D eigenvalue weighted by atomic mass is 32.1. The fourth-order valence-electron chi connectivity index (χ4n) is 4.45. The predicted octanol–water partition coefficient (Wildman–Crippen LogP) is 4.64. The molecule has 0 radical (unpaired) electrons. The number of ether oxygens (including phenoxy) is 3. The lowest BCUT2D eigenvalue weighted by Crippen LogP contribution is -2.39. The molecule has 0 saturated heterocycles. The summed E-state index contributed by atoms with van der Waals surface area (Å²) in [5.41, 5.74) is 3.25.